The van der Waals surface area contributed by atoms with E-state index >= 15 is 0 Å². The fraction of sp³-hybridized carbons (Fsp3) is 0. The van der Waals surface area contributed by atoms with Crippen LogP contribution in [-0.4, -0.2) is 0 Å². The quantitative estimate of drug-likeness (QED) is 0.178. The topological polar surface area (TPSA) is 13.1 Å². The van der Waals surface area contributed by atoms with Gasteiger partial charge in [-0.15, -0.1) is 0 Å². The normalized spacial score (nSPS) is 11.7. The molecule has 10 rings (SSSR count). The Labute approximate surface area is 284 Å². The molecule has 228 valence electrons. The maximum absolute atomic E-state index is 6.19. The van der Waals surface area contributed by atoms with E-state index in [2.05, 4.69) is 170 Å². The predicted molar refractivity (Wildman–Crippen MR) is 208 cm³/mol. The van der Waals surface area contributed by atoms with E-state index in [1.165, 1.54) is 76.8 Å². The van der Waals surface area contributed by atoms with Gasteiger partial charge in [0, 0.05) is 10.8 Å². The first-order valence-electron chi connectivity index (χ1n) is 16.8. The molecule has 0 aliphatic heterocycles. The minimum atomic E-state index is 0.914. The summed E-state index contributed by atoms with van der Waals surface area (Å²) in [4.78, 5) is 0. The van der Waals surface area contributed by atoms with Gasteiger partial charge in [-0.2, -0.15) is 0 Å². The smallest absolute Gasteiger partial charge is 0.135 e. The number of furan rings is 1. The van der Waals surface area contributed by atoms with Crippen LogP contribution in [0, 0.1) is 0 Å². The van der Waals surface area contributed by atoms with Gasteiger partial charge in [-0.25, -0.2) is 0 Å². The van der Waals surface area contributed by atoms with Gasteiger partial charge < -0.3 is 4.42 Å². The predicted octanol–water partition coefficient (Wildman–Crippen LogP) is 13.7. The molecule has 1 aromatic heterocycles. The molecule has 0 N–H and O–H groups in total. The third-order valence-electron chi connectivity index (χ3n) is 10.1. The average Bonchev–Trinajstić information content (AvgIpc) is 3.55. The molecule has 0 amide bonds. The number of hydrogen-bond acceptors (Lipinski definition) is 1. The minimum Gasteiger partial charge on any atom is -0.456 e. The monoisotopic (exact) mass is 622 g/mol. The van der Waals surface area contributed by atoms with E-state index < -0.39 is 0 Å². The molecule has 9 aromatic carbocycles. The molecule has 10 aromatic rings. The number of para-hydroxylation sites is 1. The van der Waals surface area contributed by atoms with Crippen molar-refractivity contribution in [1.82, 2.24) is 0 Å². The fourth-order valence-electron chi connectivity index (χ4n) is 7.88. The summed E-state index contributed by atoms with van der Waals surface area (Å²) in [5.74, 6) is 0. The Morgan fingerprint density at radius 1 is 0.265 bits per heavy atom. The first-order valence-corrected chi connectivity index (χ1v) is 16.8. The highest BCUT2D eigenvalue weighted by atomic mass is 16.3. The van der Waals surface area contributed by atoms with E-state index in [4.69, 9.17) is 4.42 Å². The second kappa shape index (κ2) is 11.1. The molecule has 0 bridgehead atoms. The Morgan fingerprint density at radius 2 is 0.735 bits per heavy atom. The highest BCUT2D eigenvalue weighted by molar-refractivity contribution is 6.22. The van der Waals surface area contributed by atoms with Crippen molar-refractivity contribution in [2.24, 2.45) is 0 Å². The highest BCUT2D eigenvalue weighted by Crippen LogP contribution is 2.45. The van der Waals surface area contributed by atoms with E-state index in [0.29, 0.717) is 0 Å². The highest BCUT2D eigenvalue weighted by Gasteiger charge is 2.18. The number of rotatable bonds is 4. The van der Waals surface area contributed by atoms with Gasteiger partial charge in [-0.3, -0.25) is 0 Å². The number of hydrogen-bond donors (Lipinski definition) is 0. The van der Waals surface area contributed by atoms with Gasteiger partial charge in [0.1, 0.15) is 11.2 Å². The van der Waals surface area contributed by atoms with Gasteiger partial charge >= 0.3 is 0 Å². The zero-order chi connectivity index (χ0) is 32.3. The summed E-state index contributed by atoms with van der Waals surface area (Å²) in [6.07, 6.45) is 0. The second-order valence-electron chi connectivity index (χ2n) is 12.8. The molecule has 1 nitrogen and oxygen atoms in total. The zero-order valence-corrected chi connectivity index (χ0v) is 26.7. The Kier molecular flexibility index (Phi) is 6.25. The Balaban J connectivity index is 1.15. The van der Waals surface area contributed by atoms with Crippen LogP contribution in [-0.2, 0) is 0 Å². The van der Waals surface area contributed by atoms with Gasteiger partial charge in [0.25, 0.3) is 0 Å². The summed E-state index contributed by atoms with van der Waals surface area (Å²) in [5.41, 5.74) is 11.7. The largest absolute Gasteiger partial charge is 0.456 e. The van der Waals surface area contributed by atoms with Crippen LogP contribution in [0.2, 0.25) is 0 Å². The summed E-state index contributed by atoms with van der Waals surface area (Å²) < 4.78 is 6.19. The summed E-state index contributed by atoms with van der Waals surface area (Å²) in [7, 11) is 0. The van der Waals surface area contributed by atoms with Gasteiger partial charge in [0.15, 0.2) is 0 Å². The lowest BCUT2D eigenvalue weighted by molar-refractivity contribution is 0.669. The molecule has 49 heavy (non-hydrogen) atoms. The van der Waals surface area contributed by atoms with E-state index in [-0.39, 0.29) is 0 Å². The molecule has 0 fully saturated rings. The van der Waals surface area contributed by atoms with Gasteiger partial charge in [-0.1, -0.05) is 164 Å². The minimum absolute atomic E-state index is 0.914. The Morgan fingerprint density at radius 3 is 1.45 bits per heavy atom. The molecule has 0 spiro atoms. The second-order valence-corrected chi connectivity index (χ2v) is 12.8. The van der Waals surface area contributed by atoms with Crippen molar-refractivity contribution in [1.29, 1.82) is 0 Å². The van der Waals surface area contributed by atoms with Crippen LogP contribution in [0.5, 0.6) is 0 Å². The summed E-state index contributed by atoms with van der Waals surface area (Å²) in [5, 5.41) is 9.80. The van der Waals surface area contributed by atoms with Crippen LogP contribution in [0.15, 0.2) is 186 Å². The molecular formula is C48H30O. The average molecular weight is 623 g/mol. The van der Waals surface area contributed by atoms with E-state index in [1.807, 2.05) is 12.1 Å². The third-order valence-corrected chi connectivity index (χ3v) is 10.1. The third kappa shape index (κ3) is 4.40. The summed E-state index contributed by atoms with van der Waals surface area (Å²) in [6, 6.07) is 65.8. The molecule has 0 radical (unpaired) electrons. The molecule has 0 unspecified atom stereocenters. The SMILES string of the molecule is c1ccc(-c2cccc3ccccc23)c(-c2ccc(-c3c4ccccc4c(-c4ccc5oc6ccccc6c5c4)c4ccccc34)cc2)c1. The number of benzene rings is 9. The van der Waals surface area contributed by atoms with E-state index in [0.717, 1.165) is 21.9 Å². The fourth-order valence-corrected chi connectivity index (χ4v) is 7.88. The first kappa shape index (κ1) is 27.7. The summed E-state index contributed by atoms with van der Waals surface area (Å²) in [6.45, 7) is 0. The molecule has 0 saturated carbocycles. The molecule has 0 saturated heterocycles. The van der Waals surface area contributed by atoms with Crippen LogP contribution in [0.1, 0.15) is 0 Å². The van der Waals surface area contributed by atoms with Gasteiger partial charge in [0.2, 0.25) is 0 Å². The number of fused-ring (bicyclic) bond motifs is 6. The van der Waals surface area contributed by atoms with Crippen molar-refractivity contribution in [2.45, 2.75) is 0 Å². The van der Waals surface area contributed by atoms with Crippen LogP contribution in [0.25, 0.3) is 98.8 Å². The molecule has 0 atom stereocenters. The first-order chi connectivity index (χ1) is 24.3. The zero-order valence-electron chi connectivity index (χ0n) is 26.7. The maximum atomic E-state index is 6.19. The Bertz CT molecular complexity index is 2810. The Hall–Kier alpha value is -6.44. The molecule has 0 aliphatic carbocycles. The molecule has 1 heteroatoms. The van der Waals surface area contributed by atoms with Crippen molar-refractivity contribution in [3.8, 4) is 44.5 Å². The lowest BCUT2D eigenvalue weighted by Crippen LogP contribution is -1.91. The standard InChI is InChI=1S/C48H30O/c1-2-14-35-31(12-1)13-11-22-38(35)37-16-4-3-15-36(37)32-24-26-33(27-25-32)47-40-18-5-7-20-42(40)48(43-21-8-6-19-41(43)47)34-28-29-46-44(30-34)39-17-9-10-23-45(39)49-46/h1-30H. The van der Waals surface area contributed by atoms with E-state index in [9.17, 15) is 0 Å². The van der Waals surface area contributed by atoms with E-state index in [1.54, 1.807) is 0 Å². The van der Waals surface area contributed by atoms with Crippen molar-refractivity contribution in [2.75, 3.05) is 0 Å². The maximum Gasteiger partial charge on any atom is 0.135 e. The summed E-state index contributed by atoms with van der Waals surface area (Å²) >= 11 is 0. The van der Waals surface area contributed by atoms with Crippen molar-refractivity contribution < 1.29 is 4.42 Å². The van der Waals surface area contributed by atoms with Crippen molar-refractivity contribution in [3.63, 3.8) is 0 Å². The van der Waals surface area contributed by atoms with Crippen molar-refractivity contribution in [3.05, 3.63) is 182 Å². The van der Waals surface area contributed by atoms with Crippen LogP contribution in [0.3, 0.4) is 0 Å². The van der Waals surface area contributed by atoms with Gasteiger partial charge in [-0.05, 0) is 95.0 Å². The van der Waals surface area contributed by atoms with Crippen LogP contribution in [0.4, 0.5) is 0 Å². The van der Waals surface area contributed by atoms with Crippen LogP contribution < -0.4 is 0 Å². The molecule has 1 heterocycles. The van der Waals surface area contributed by atoms with Crippen molar-refractivity contribution >= 4 is 54.3 Å². The lowest BCUT2D eigenvalue weighted by Gasteiger charge is -2.18. The molecule has 0 aliphatic rings. The van der Waals surface area contributed by atoms with Crippen LogP contribution >= 0.6 is 0 Å². The van der Waals surface area contributed by atoms with Gasteiger partial charge in [0.05, 0.1) is 0 Å². The lowest BCUT2D eigenvalue weighted by atomic mass is 9.85. The molecular weight excluding hydrogens is 593 g/mol.